The maximum absolute atomic E-state index is 11.6. The first-order chi connectivity index (χ1) is 9.78. The molecule has 5 heteroatoms. The highest BCUT2D eigenvalue weighted by Gasteiger charge is 2.21. The summed E-state index contributed by atoms with van der Waals surface area (Å²) >= 11 is 0. The monoisotopic (exact) mass is 281 g/mol. The first-order valence-corrected chi connectivity index (χ1v) is 7.92. The van der Waals surface area contributed by atoms with Crippen molar-refractivity contribution < 1.29 is 9.53 Å². The topological polar surface area (TPSA) is 62.7 Å². The van der Waals surface area contributed by atoms with Gasteiger partial charge in [-0.2, -0.15) is 0 Å². The lowest BCUT2D eigenvalue weighted by Gasteiger charge is -2.13. The molecule has 2 N–H and O–H groups in total. The van der Waals surface area contributed by atoms with Gasteiger partial charge in [0.1, 0.15) is 6.10 Å². The molecule has 5 nitrogen and oxygen atoms in total. The molecule has 0 aliphatic heterocycles. The SMILES string of the molecule is CN=C(NCCCC(=O)OC1CCCC1)NCC1CC1. The fourth-order valence-corrected chi connectivity index (χ4v) is 2.47. The van der Waals surface area contributed by atoms with Gasteiger partial charge < -0.3 is 15.4 Å². The molecule has 2 saturated carbocycles. The number of esters is 1. The Bertz CT molecular complexity index is 334. The molecule has 0 aromatic rings. The van der Waals surface area contributed by atoms with Gasteiger partial charge >= 0.3 is 5.97 Å². The molecule has 114 valence electrons. The third-order valence-electron chi connectivity index (χ3n) is 3.93. The largest absolute Gasteiger partial charge is 0.462 e. The number of nitrogens with one attached hydrogen (secondary N) is 2. The van der Waals surface area contributed by atoms with Crippen molar-refractivity contribution in [3.05, 3.63) is 0 Å². The van der Waals surface area contributed by atoms with E-state index in [4.69, 9.17) is 4.74 Å². The molecule has 0 bridgehead atoms. The minimum absolute atomic E-state index is 0.0559. The summed E-state index contributed by atoms with van der Waals surface area (Å²) in [6.07, 6.45) is 8.60. The molecule has 2 aliphatic rings. The van der Waals surface area contributed by atoms with Crippen LogP contribution in [0.4, 0.5) is 0 Å². The van der Waals surface area contributed by atoms with Crippen molar-refractivity contribution in [2.24, 2.45) is 10.9 Å². The van der Waals surface area contributed by atoms with Gasteiger partial charge in [-0.3, -0.25) is 9.79 Å². The molecule has 2 rings (SSSR count). The van der Waals surface area contributed by atoms with Crippen LogP contribution in [0.2, 0.25) is 0 Å². The zero-order valence-electron chi connectivity index (χ0n) is 12.5. The second-order valence-corrected chi connectivity index (χ2v) is 5.82. The van der Waals surface area contributed by atoms with E-state index in [0.29, 0.717) is 6.42 Å². The van der Waals surface area contributed by atoms with Crippen LogP contribution >= 0.6 is 0 Å². The van der Waals surface area contributed by atoms with Crippen LogP contribution in [0.15, 0.2) is 4.99 Å². The highest BCUT2D eigenvalue weighted by molar-refractivity contribution is 5.79. The summed E-state index contributed by atoms with van der Waals surface area (Å²) < 4.78 is 5.42. The lowest BCUT2D eigenvalue weighted by Crippen LogP contribution is -2.38. The fraction of sp³-hybridized carbons (Fsp3) is 0.867. The first kappa shape index (κ1) is 15.1. The highest BCUT2D eigenvalue weighted by Crippen LogP contribution is 2.27. The molecule has 0 saturated heterocycles. The number of hydrogen-bond donors (Lipinski definition) is 2. The quantitative estimate of drug-likeness (QED) is 0.323. The van der Waals surface area contributed by atoms with Gasteiger partial charge in [0.25, 0.3) is 0 Å². The molecular weight excluding hydrogens is 254 g/mol. The van der Waals surface area contributed by atoms with Crippen molar-refractivity contribution in [1.29, 1.82) is 0 Å². The summed E-state index contributed by atoms with van der Waals surface area (Å²) in [4.78, 5) is 15.8. The van der Waals surface area contributed by atoms with E-state index < -0.39 is 0 Å². The second kappa shape index (κ2) is 8.12. The third-order valence-corrected chi connectivity index (χ3v) is 3.93. The summed E-state index contributed by atoms with van der Waals surface area (Å²) in [5, 5.41) is 6.53. The maximum atomic E-state index is 11.6. The lowest BCUT2D eigenvalue weighted by atomic mass is 10.3. The van der Waals surface area contributed by atoms with Gasteiger partial charge in [-0.15, -0.1) is 0 Å². The van der Waals surface area contributed by atoms with Crippen molar-refractivity contribution in [3.63, 3.8) is 0 Å². The summed E-state index contributed by atoms with van der Waals surface area (Å²) in [7, 11) is 1.77. The third kappa shape index (κ3) is 5.80. The van der Waals surface area contributed by atoms with Gasteiger partial charge in [-0.25, -0.2) is 0 Å². The van der Waals surface area contributed by atoms with Crippen LogP contribution in [0, 0.1) is 5.92 Å². The van der Waals surface area contributed by atoms with Crippen LogP contribution in [-0.2, 0) is 9.53 Å². The van der Waals surface area contributed by atoms with Gasteiger partial charge in [-0.1, -0.05) is 0 Å². The molecule has 0 unspecified atom stereocenters. The van der Waals surface area contributed by atoms with Crippen molar-refractivity contribution in [2.45, 2.75) is 57.5 Å². The van der Waals surface area contributed by atoms with Gasteiger partial charge in [0.05, 0.1) is 0 Å². The summed E-state index contributed by atoms with van der Waals surface area (Å²) in [6, 6.07) is 0. The predicted molar refractivity (Wildman–Crippen MR) is 79.7 cm³/mol. The number of rotatable bonds is 7. The van der Waals surface area contributed by atoms with Gasteiger partial charge in [0.15, 0.2) is 5.96 Å². The molecule has 0 spiro atoms. The van der Waals surface area contributed by atoms with Gasteiger partial charge in [0, 0.05) is 26.6 Å². The second-order valence-electron chi connectivity index (χ2n) is 5.82. The molecular formula is C15H27N3O2. The van der Waals surface area contributed by atoms with E-state index in [1.54, 1.807) is 7.05 Å². The zero-order chi connectivity index (χ0) is 14.2. The molecule has 0 radical (unpaired) electrons. The van der Waals surface area contributed by atoms with E-state index in [2.05, 4.69) is 15.6 Å². The van der Waals surface area contributed by atoms with Crippen LogP contribution in [0.3, 0.4) is 0 Å². The van der Waals surface area contributed by atoms with Gasteiger partial charge in [0.2, 0.25) is 0 Å². The number of guanidine groups is 1. The first-order valence-electron chi connectivity index (χ1n) is 7.92. The number of aliphatic imine (C=N–C) groups is 1. The van der Waals surface area contributed by atoms with Crippen molar-refractivity contribution in [3.8, 4) is 0 Å². The standard InChI is InChI=1S/C15H27N3O2/c1-16-15(18-11-12-8-9-12)17-10-4-7-14(19)20-13-5-2-3-6-13/h12-13H,2-11H2,1H3,(H2,16,17,18). The molecule has 0 aromatic carbocycles. The Balaban J connectivity index is 1.49. The highest BCUT2D eigenvalue weighted by atomic mass is 16.5. The molecule has 0 aromatic heterocycles. The Labute approximate surface area is 121 Å². The average Bonchev–Trinajstić information content (AvgIpc) is 3.14. The summed E-state index contributed by atoms with van der Waals surface area (Å²) in [5.41, 5.74) is 0. The number of carbonyl (C=O) groups excluding carboxylic acids is 1. The van der Waals surface area contributed by atoms with Gasteiger partial charge in [-0.05, 0) is 50.9 Å². The lowest BCUT2D eigenvalue weighted by molar-refractivity contribution is -0.148. The van der Waals surface area contributed by atoms with Crippen LogP contribution in [0.1, 0.15) is 51.4 Å². The molecule has 2 aliphatic carbocycles. The zero-order valence-corrected chi connectivity index (χ0v) is 12.5. The van der Waals surface area contributed by atoms with Crippen LogP contribution < -0.4 is 10.6 Å². The molecule has 2 fully saturated rings. The Hall–Kier alpha value is -1.26. The molecule has 0 amide bonds. The average molecular weight is 281 g/mol. The van der Waals surface area contributed by atoms with Crippen LogP contribution in [0.5, 0.6) is 0 Å². The molecule has 0 heterocycles. The van der Waals surface area contributed by atoms with Crippen molar-refractivity contribution in [2.75, 3.05) is 20.1 Å². The summed E-state index contributed by atoms with van der Waals surface area (Å²) in [6.45, 7) is 1.76. The van der Waals surface area contributed by atoms with E-state index >= 15 is 0 Å². The summed E-state index contributed by atoms with van der Waals surface area (Å²) in [5.74, 6) is 1.61. The van der Waals surface area contributed by atoms with Crippen LogP contribution in [0.25, 0.3) is 0 Å². The molecule has 0 atom stereocenters. The number of hydrogen-bond acceptors (Lipinski definition) is 3. The molecule has 20 heavy (non-hydrogen) atoms. The Morgan fingerprint density at radius 3 is 2.60 bits per heavy atom. The van der Waals surface area contributed by atoms with E-state index in [1.807, 2.05) is 0 Å². The van der Waals surface area contributed by atoms with E-state index in [1.165, 1.54) is 25.7 Å². The van der Waals surface area contributed by atoms with E-state index in [9.17, 15) is 4.79 Å². The number of ether oxygens (including phenoxy) is 1. The number of nitrogens with zero attached hydrogens (tertiary/aromatic N) is 1. The van der Waals surface area contributed by atoms with Crippen molar-refractivity contribution in [1.82, 2.24) is 10.6 Å². The Morgan fingerprint density at radius 1 is 1.20 bits per heavy atom. The fourth-order valence-electron chi connectivity index (χ4n) is 2.47. The van der Waals surface area contributed by atoms with Crippen molar-refractivity contribution >= 4 is 11.9 Å². The normalized spacial score (nSPS) is 19.9. The van der Waals surface area contributed by atoms with E-state index in [0.717, 1.165) is 44.2 Å². The van der Waals surface area contributed by atoms with E-state index in [-0.39, 0.29) is 12.1 Å². The minimum atomic E-state index is -0.0559. The maximum Gasteiger partial charge on any atom is 0.306 e. The van der Waals surface area contributed by atoms with Crippen LogP contribution in [-0.4, -0.2) is 38.2 Å². The number of carbonyl (C=O) groups is 1. The Morgan fingerprint density at radius 2 is 1.95 bits per heavy atom. The Kier molecular flexibility index (Phi) is 6.15. The predicted octanol–water partition coefficient (Wildman–Crippen LogP) is 1.83. The minimum Gasteiger partial charge on any atom is -0.462 e. The smallest absolute Gasteiger partial charge is 0.306 e.